The van der Waals surface area contributed by atoms with Crippen LogP contribution in [0.25, 0.3) is 0 Å². The predicted molar refractivity (Wildman–Crippen MR) is 106 cm³/mol. The normalized spacial score (nSPS) is 19.7. The summed E-state index contributed by atoms with van der Waals surface area (Å²) in [5.41, 5.74) is 1.23. The van der Waals surface area contributed by atoms with Crippen LogP contribution in [0.1, 0.15) is 23.2 Å². The average molecular weight is 384 g/mol. The molecule has 1 aromatic heterocycles. The molecule has 28 heavy (non-hydrogen) atoms. The Balaban J connectivity index is 1.35. The number of nitrogens with zero attached hydrogens (tertiary/aromatic N) is 3. The fraction of sp³-hybridized carbons (Fsp3) is 0.429. The van der Waals surface area contributed by atoms with Gasteiger partial charge in [-0.1, -0.05) is 12.1 Å². The van der Waals surface area contributed by atoms with Gasteiger partial charge >= 0.3 is 0 Å². The number of amides is 1. The van der Waals surface area contributed by atoms with Crippen molar-refractivity contribution in [1.82, 2.24) is 10.3 Å². The van der Waals surface area contributed by atoms with E-state index in [2.05, 4.69) is 15.2 Å². The minimum Gasteiger partial charge on any atom is -0.376 e. The van der Waals surface area contributed by atoms with E-state index in [0.717, 1.165) is 38.4 Å². The minimum absolute atomic E-state index is 0.107. The Morgan fingerprint density at radius 2 is 1.96 bits per heavy atom. The lowest BCUT2D eigenvalue weighted by atomic mass is 10.2. The summed E-state index contributed by atoms with van der Waals surface area (Å²) in [6.07, 6.45) is 3.84. The number of nitrogens with one attached hydrogen (secondary N) is 1. The van der Waals surface area contributed by atoms with E-state index in [-0.39, 0.29) is 17.8 Å². The lowest BCUT2D eigenvalue weighted by molar-refractivity contribution is 0.0857. The summed E-state index contributed by atoms with van der Waals surface area (Å²) in [5.74, 6) is 0.473. The second-order valence-electron chi connectivity index (χ2n) is 7.17. The molecule has 1 atom stereocenters. The number of para-hydroxylation sites is 1. The van der Waals surface area contributed by atoms with Gasteiger partial charge in [-0.3, -0.25) is 4.79 Å². The van der Waals surface area contributed by atoms with Gasteiger partial charge in [-0.2, -0.15) is 0 Å². The van der Waals surface area contributed by atoms with Gasteiger partial charge in [0.25, 0.3) is 5.91 Å². The molecular formula is C21H25FN4O2. The Bertz CT molecular complexity index is 818. The maximum absolute atomic E-state index is 14.0. The maximum atomic E-state index is 14.0. The number of rotatable bonds is 5. The van der Waals surface area contributed by atoms with Crippen LogP contribution in [0.2, 0.25) is 0 Å². The molecule has 0 aliphatic carbocycles. The van der Waals surface area contributed by atoms with Crippen LogP contribution in [0.4, 0.5) is 15.9 Å². The Kier molecular flexibility index (Phi) is 5.71. The van der Waals surface area contributed by atoms with E-state index in [4.69, 9.17) is 4.74 Å². The third kappa shape index (κ3) is 4.25. The van der Waals surface area contributed by atoms with Gasteiger partial charge in [0.05, 0.1) is 11.8 Å². The number of hydrogen-bond donors (Lipinski definition) is 1. The zero-order chi connectivity index (χ0) is 19.3. The summed E-state index contributed by atoms with van der Waals surface area (Å²) in [4.78, 5) is 21.1. The van der Waals surface area contributed by atoms with Gasteiger partial charge in [0, 0.05) is 51.1 Å². The first-order valence-electron chi connectivity index (χ1n) is 9.81. The van der Waals surface area contributed by atoms with E-state index in [0.29, 0.717) is 30.9 Å². The topological polar surface area (TPSA) is 57.7 Å². The van der Waals surface area contributed by atoms with Crippen LogP contribution in [0.15, 0.2) is 42.6 Å². The molecule has 1 unspecified atom stereocenters. The number of halogens is 1. The minimum atomic E-state index is -0.195. The summed E-state index contributed by atoms with van der Waals surface area (Å²) >= 11 is 0. The number of aromatic nitrogens is 1. The quantitative estimate of drug-likeness (QED) is 0.858. The van der Waals surface area contributed by atoms with Gasteiger partial charge in [0.1, 0.15) is 11.6 Å². The molecule has 4 rings (SSSR count). The SMILES string of the molecule is O=C(NCC1CCCO1)c1ccnc(N2CCN(c3ccccc3F)CC2)c1. The lowest BCUT2D eigenvalue weighted by Gasteiger charge is -2.36. The molecule has 0 bridgehead atoms. The van der Waals surface area contributed by atoms with Crippen molar-refractivity contribution >= 4 is 17.4 Å². The summed E-state index contributed by atoms with van der Waals surface area (Å²) in [5, 5.41) is 2.95. The molecule has 148 valence electrons. The van der Waals surface area contributed by atoms with Crippen LogP contribution >= 0.6 is 0 Å². The number of carbonyl (C=O) groups excluding carboxylic acids is 1. The highest BCUT2D eigenvalue weighted by atomic mass is 19.1. The van der Waals surface area contributed by atoms with Crippen LogP contribution in [-0.4, -0.2) is 56.3 Å². The van der Waals surface area contributed by atoms with Crippen LogP contribution in [0.5, 0.6) is 0 Å². The summed E-state index contributed by atoms with van der Waals surface area (Å²) < 4.78 is 19.5. The van der Waals surface area contributed by atoms with E-state index in [1.165, 1.54) is 6.07 Å². The van der Waals surface area contributed by atoms with E-state index < -0.39 is 0 Å². The molecule has 0 radical (unpaired) electrons. The molecule has 1 N–H and O–H groups in total. The number of benzene rings is 1. The maximum Gasteiger partial charge on any atom is 0.251 e. The largest absolute Gasteiger partial charge is 0.376 e. The van der Waals surface area contributed by atoms with Crippen molar-refractivity contribution in [3.05, 3.63) is 54.0 Å². The third-order valence-corrected chi connectivity index (χ3v) is 5.32. The summed E-state index contributed by atoms with van der Waals surface area (Å²) in [6.45, 7) is 4.18. The summed E-state index contributed by atoms with van der Waals surface area (Å²) in [6, 6.07) is 10.4. The number of piperazine rings is 1. The van der Waals surface area contributed by atoms with Gasteiger partial charge in [-0.15, -0.1) is 0 Å². The molecule has 6 nitrogen and oxygen atoms in total. The number of carbonyl (C=O) groups is 1. The predicted octanol–water partition coefficient (Wildman–Crippen LogP) is 2.46. The van der Waals surface area contributed by atoms with Crippen molar-refractivity contribution < 1.29 is 13.9 Å². The van der Waals surface area contributed by atoms with Gasteiger partial charge < -0.3 is 19.9 Å². The molecule has 1 aromatic carbocycles. The van der Waals surface area contributed by atoms with E-state index in [1.54, 1.807) is 18.3 Å². The number of anilines is 2. The number of ether oxygens (including phenoxy) is 1. The van der Waals surface area contributed by atoms with E-state index in [9.17, 15) is 9.18 Å². The molecule has 1 amide bonds. The fourth-order valence-electron chi connectivity index (χ4n) is 3.73. The van der Waals surface area contributed by atoms with E-state index in [1.807, 2.05) is 23.1 Å². The first-order chi connectivity index (χ1) is 13.7. The number of pyridine rings is 1. The standard InChI is InChI=1S/C21H25FN4O2/c22-18-5-1-2-6-19(18)25-9-11-26(12-10-25)20-14-16(7-8-23-20)21(27)24-15-17-4-3-13-28-17/h1-2,5-8,14,17H,3-4,9-13,15H2,(H,24,27). The molecule has 2 fully saturated rings. The molecule has 3 heterocycles. The Hall–Kier alpha value is -2.67. The van der Waals surface area contributed by atoms with Crippen molar-refractivity contribution in [1.29, 1.82) is 0 Å². The molecular weight excluding hydrogens is 359 g/mol. The van der Waals surface area contributed by atoms with Crippen molar-refractivity contribution in [3.8, 4) is 0 Å². The summed E-state index contributed by atoms with van der Waals surface area (Å²) in [7, 11) is 0. The zero-order valence-electron chi connectivity index (χ0n) is 15.8. The highest BCUT2D eigenvalue weighted by molar-refractivity contribution is 5.94. The first-order valence-corrected chi connectivity index (χ1v) is 9.81. The molecule has 2 saturated heterocycles. The molecule has 0 spiro atoms. The highest BCUT2D eigenvalue weighted by Gasteiger charge is 2.21. The van der Waals surface area contributed by atoms with Crippen LogP contribution < -0.4 is 15.1 Å². The molecule has 0 saturated carbocycles. The molecule has 2 aromatic rings. The third-order valence-electron chi connectivity index (χ3n) is 5.32. The second-order valence-corrected chi connectivity index (χ2v) is 7.17. The zero-order valence-corrected chi connectivity index (χ0v) is 15.8. The van der Waals surface area contributed by atoms with Gasteiger partial charge in [-0.25, -0.2) is 9.37 Å². The molecule has 7 heteroatoms. The molecule has 2 aliphatic rings. The Labute approximate surface area is 164 Å². The van der Waals surface area contributed by atoms with Crippen molar-refractivity contribution in [3.63, 3.8) is 0 Å². The van der Waals surface area contributed by atoms with Crippen LogP contribution in [0, 0.1) is 5.82 Å². The van der Waals surface area contributed by atoms with Gasteiger partial charge in [-0.05, 0) is 37.1 Å². The second kappa shape index (κ2) is 8.56. The van der Waals surface area contributed by atoms with Crippen LogP contribution in [0.3, 0.4) is 0 Å². The van der Waals surface area contributed by atoms with Gasteiger partial charge in [0.15, 0.2) is 0 Å². The van der Waals surface area contributed by atoms with Crippen LogP contribution in [-0.2, 0) is 4.74 Å². The average Bonchev–Trinajstić information content (AvgIpc) is 3.26. The Morgan fingerprint density at radius 3 is 2.71 bits per heavy atom. The Morgan fingerprint density at radius 1 is 1.18 bits per heavy atom. The van der Waals surface area contributed by atoms with Crippen molar-refractivity contribution in [2.75, 3.05) is 49.1 Å². The molecule has 2 aliphatic heterocycles. The lowest BCUT2D eigenvalue weighted by Crippen LogP contribution is -2.47. The monoisotopic (exact) mass is 384 g/mol. The first kappa shape index (κ1) is 18.7. The number of hydrogen-bond acceptors (Lipinski definition) is 5. The fourth-order valence-corrected chi connectivity index (χ4v) is 3.73. The van der Waals surface area contributed by atoms with Crippen molar-refractivity contribution in [2.24, 2.45) is 0 Å². The highest BCUT2D eigenvalue weighted by Crippen LogP contribution is 2.22. The van der Waals surface area contributed by atoms with Gasteiger partial charge in [0.2, 0.25) is 0 Å². The van der Waals surface area contributed by atoms with Crippen molar-refractivity contribution in [2.45, 2.75) is 18.9 Å². The smallest absolute Gasteiger partial charge is 0.251 e. The van der Waals surface area contributed by atoms with E-state index >= 15 is 0 Å².